The maximum absolute atomic E-state index is 11.8. The van der Waals surface area contributed by atoms with Crippen LogP contribution in [0.3, 0.4) is 0 Å². The Morgan fingerprint density at radius 2 is 1.94 bits per heavy atom. The second-order valence-electron chi connectivity index (χ2n) is 3.89. The van der Waals surface area contributed by atoms with Crippen LogP contribution in [0.25, 0.3) is 0 Å². The number of rotatable bonds is 9. The molecule has 0 fully saturated rings. The summed E-state index contributed by atoms with van der Waals surface area (Å²) in [6.45, 7) is 3.96. The van der Waals surface area contributed by atoms with Gasteiger partial charge in [-0.2, -0.15) is 0 Å². The van der Waals surface area contributed by atoms with Crippen LogP contribution in [0.1, 0.15) is 26.2 Å². The van der Waals surface area contributed by atoms with E-state index >= 15 is 0 Å². The van der Waals surface area contributed by atoms with Crippen LogP contribution in [-0.4, -0.2) is 57.4 Å². The highest BCUT2D eigenvalue weighted by atomic mass is 16.5. The minimum atomic E-state index is -0.321. The molecular weight excluding hydrogens is 236 g/mol. The highest BCUT2D eigenvalue weighted by Gasteiger charge is 2.14. The van der Waals surface area contributed by atoms with Crippen LogP contribution < -0.4 is 5.32 Å². The summed E-state index contributed by atoms with van der Waals surface area (Å²) in [6.07, 6.45) is 2.17. The molecule has 0 aliphatic carbocycles. The lowest BCUT2D eigenvalue weighted by Crippen LogP contribution is -2.43. The van der Waals surface area contributed by atoms with E-state index < -0.39 is 0 Å². The van der Waals surface area contributed by atoms with Gasteiger partial charge in [0.05, 0.1) is 20.1 Å². The standard InChI is InChI=1S/C12H24N2O4/c1-4-5-7-13-12(16)14(9-10-17-2)8-6-11(15)18-3/h4-10H2,1-3H3,(H,13,16). The fraction of sp³-hybridized carbons (Fsp3) is 0.833. The second-order valence-corrected chi connectivity index (χ2v) is 3.89. The first-order valence-corrected chi connectivity index (χ1v) is 6.24. The van der Waals surface area contributed by atoms with Gasteiger partial charge < -0.3 is 19.7 Å². The van der Waals surface area contributed by atoms with Gasteiger partial charge >= 0.3 is 12.0 Å². The number of ether oxygens (including phenoxy) is 2. The highest BCUT2D eigenvalue weighted by molar-refractivity contribution is 5.75. The van der Waals surface area contributed by atoms with Crippen LogP contribution in [0.4, 0.5) is 4.79 Å². The van der Waals surface area contributed by atoms with Gasteiger partial charge in [-0.25, -0.2) is 4.79 Å². The van der Waals surface area contributed by atoms with E-state index in [4.69, 9.17) is 4.74 Å². The van der Waals surface area contributed by atoms with E-state index in [1.165, 1.54) is 7.11 Å². The molecule has 106 valence electrons. The first-order valence-electron chi connectivity index (χ1n) is 6.24. The summed E-state index contributed by atoms with van der Waals surface area (Å²) < 4.78 is 9.50. The Morgan fingerprint density at radius 3 is 2.50 bits per heavy atom. The van der Waals surface area contributed by atoms with Crippen molar-refractivity contribution < 1.29 is 19.1 Å². The molecule has 18 heavy (non-hydrogen) atoms. The van der Waals surface area contributed by atoms with Crippen molar-refractivity contribution in [1.82, 2.24) is 10.2 Å². The van der Waals surface area contributed by atoms with Crippen LogP contribution in [0.2, 0.25) is 0 Å². The topological polar surface area (TPSA) is 67.9 Å². The highest BCUT2D eigenvalue weighted by Crippen LogP contribution is 1.96. The molecule has 1 N–H and O–H groups in total. The number of carbonyl (C=O) groups is 2. The number of esters is 1. The average molecular weight is 260 g/mol. The molecule has 0 rings (SSSR count). The Hall–Kier alpha value is -1.30. The SMILES string of the molecule is CCCCNC(=O)N(CCOC)CCC(=O)OC. The molecule has 0 aromatic carbocycles. The molecule has 0 aromatic heterocycles. The van der Waals surface area contributed by atoms with Gasteiger partial charge in [0.25, 0.3) is 0 Å². The summed E-state index contributed by atoms with van der Waals surface area (Å²) in [5.74, 6) is -0.321. The van der Waals surface area contributed by atoms with Crippen molar-refractivity contribution in [2.75, 3.05) is 40.5 Å². The quantitative estimate of drug-likeness (QED) is 0.496. The minimum Gasteiger partial charge on any atom is -0.469 e. The molecule has 0 saturated heterocycles. The van der Waals surface area contributed by atoms with E-state index in [1.807, 2.05) is 0 Å². The maximum Gasteiger partial charge on any atom is 0.317 e. The van der Waals surface area contributed by atoms with Crippen molar-refractivity contribution in [2.45, 2.75) is 26.2 Å². The number of hydrogen-bond donors (Lipinski definition) is 1. The Kier molecular flexibility index (Phi) is 10.0. The van der Waals surface area contributed by atoms with Gasteiger partial charge in [-0.3, -0.25) is 4.79 Å². The second kappa shape index (κ2) is 10.8. The molecule has 2 amide bonds. The average Bonchev–Trinajstić information content (AvgIpc) is 2.38. The maximum atomic E-state index is 11.8. The molecule has 0 bridgehead atoms. The van der Waals surface area contributed by atoms with Crippen LogP contribution >= 0.6 is 0 Å². The molecule has 6 heteroatoms. The third kappa shape index (κ3) is 7.89. The van der Waals surface area contributed by atoms with Gasteiger partial charge in [-0.15, -0.1) is 0 Å². The van der Waals surface area contributed by atoms with Gasteiger partial charge in [0.15, 0.2) is 0 Å². The predicted molar refractivity (Wildman–Crippen MR) is 68.4 cm³/mol. The van der Waals surface area contributed by atoms with E-state index in [0.29, 0.717) is 26.2 Å². The van der Waals surface area contributed by atoms with E-state index in [-0.39, 0.29) is 18.4 Å². The summed E-state index contributed by atoms with van der Waals surface area (Å²) >= 11 is 0. The number of unbranched alkanes of at least 4 members (excludes halogenated alkanes) is 1. The zero-order valence-electron chi connectivity index (χ0n) is 11.5. The fourth-order valence-corrected chi connectivity index (χ4v) is 1.33. The minimum absolute atomic E-state index is 0.163. The summed E-state index contributed by atoms with van der Waals surface area (Å²) in [6, 6.07) is -0.163. The Labute approximate surface area is 109 Å². The Balaban J connectivity index is 4.10. The molecule has 6 nitrogen and oxygen atoms in total. The van der Waals surface area contributed by atoms with Crippen LogP contribution in [-0.2, 0) is 14.3 Å². The third-order valence-corrected chi connectivity index (χ3v) is 2.47. The van der Waals surface area contributed by atoms with Gasteiger partial charge in [0.2, 0.25) is 0 Å². The number of nitrogens with one attached hydrogen (secondary N) is 1. The van der Waals surface area contributed by atoms with Gasteiger partial charge in [0.1, 0.15) is 0 Å². The summed E-state index contributed by atoms with van der Waals surface area (Å²) in [5.41, 5.74) is 0. The number of urea groups is 1. The molecular formula is C12H24N2O4. The monoisotopic (exact) mass is 260 g/mol. The first kappa shape index (κ1) is 16.7. The lowest BCUT2D eigenvalue weighted by atomic mass is 10.3. The zero-order chi connectivity index (χ0) is 13.8. The van der Waals surface area contributed by atoms with Gasteiger partial charge in [0, 0.05) is 26.7 Å². The van der Waals surface area contributed by atoms with E-state index in [0.717, 1.165) is 12.8 Å². The summed E-state index contributed by atoms with van der Waals surface area (Å²) in [7, 11) is 2.91. The van der Waals surface area contributed by atoms with Crippen molar-refractivity contribution in [3.8, 4) is 0 Å². The smallest absolute Gasteiger partial charge is 0.317 e. The van der Waals surface area contributed by atoms with Crippen molar-refractivity contribution in [3.63, 3.8) is 0 Å². The van der Waals surface area contributed by atoms with Gasteiger partial charge in [-0.05, 0) is 6.42 Å². The van der Waals surface area contributed by atoms with Crippen molar-refractivity contribution in [2.24, 2.45) is 0 Å². The van der Waals surface area contributed by atoms with Crippen LogP contribution in [0, 0.1) is 0 Å². The Bertz CT molecular complexity index is 246. The lowest BCUT2D eigenvalue weighted by molar-refractivity contribution is -0.140. The molecule has 0 spiro atoms. The molecule has 0 heterocycles. The van der Waals surface area contributed by atoms with E-state index in [2.05, 4.69) is 17.0 Å². The number of carbonyl (C=O) groups excluding carboxylic acids is 2. The predicted octanol–water partition coefficient (Wildman–Crippen LogP) is 1.01. The number of amides is 2. The van der Waals surface area contributed by atoms with Gasteiger partial charge in [-0.1, -0.05) is 13.3 Å². The normalized spacial score (nSPS) is 9.94. The Morgan fingerprint density at radius 1 is 1.22 bits per heavy atom. The van der Waals surface area contributed by atoms with Crippen molar-refractivity contribution in [3.05, 3.63) is 0 Å². The van der Waals surface area contributed by atoms with Crippen molar-refractivity contribution >= 4 is 12.0 Å². The molecule has 0 aromatic rings. The molecule has 0 aliphatic heterocycles. The van der Waals surface area contributed by atoms with Crippen LogP contribution in [0.5, 0.6) is 0 Å². The molecule has 0 saturated carbocycles. The molecule has 0 unspecified atom stereocenters. The number of nitrogens with zero attached hydrogens (tertiary/aromatic N) is 1. The first-order chi connectivity index (χ1) is 8.65. The molecule has 0 radical (unpaired) electrons. The van der Waals surface area contributed by atoms with Crippen LogP contribution in [0.15, 0.2) is 0 Å². The third-order valence-electron chi connectivity index (χ3n) is 2.47. The molecule has 0 aliphatic rings. The number of hydrogen-bond acceptors (Lipinski definition) is 4. The summed E-state index contributed by atoms with van der Waals surface area (Å²) in [4.78, 5) is 24.5. The summed E-state index contributed by atoms with van der Waals surface area (Å²) in [5, 5.41) is 2.81. The number of methoxy groups -OCH3 is 2. The zero-order valence-corrected chi connectivity index (χ0v) is 11.5. The lowest BCUT2D eigenvalue weighted by Gasteiger charge is -2.22. The molecule has 0 atom stereocenters. The largest absolute Gasteiger partial charge is 0.469 e. The van der Waals surface area contributed by atoms with E-state index in [9.17, 15) is 9.59 Å². The van der Waals surface area contributed by atoms with Crippen molar-refractivity contribution in [1.29, 1.82) is 0 Å². The van der Waals surface area contributed by atoms with E-state index in [1.54, 1.807) is 12.0 Å². The fourth-order valence-electron chi connectivity index (χ4n) is 1.33.